The Morgan fingerprint density at radius 2 is 1.60 bits per heavy atom. The first-order valence-electron chi connectivity index (χ1n) is 7.10. The number of aliphatic hydroxyl groups is 1. The van der Waals surface area contributed by atoms with Crippen LogP contribution in [0.15, 0.2) is 40.4 Å². The lowest BCUT2D eigenvalue weighted by Crippen LogP contribution is -2.38. The van der Waals surface area contributed by atoms with Gasteiger partial charge in [-0.2, -0.15) is 10.1 Å². The number of sulfonamides is 2. The van der Waals surface area contributed by atoms with Crippen LogP contribution in [0.25, 0.3) is 0 Å². The van der Waals surface area contributed by atoms with Gasteiger partial charge >= 0.3 is 0 Å². The zero-order valence-corrected chi connectivity index (χ0v) is 15.5. The lowest BCUT2D eigenvalue weighted by molar-refractivity contribution is 0.0857. The summed E-state index contributed by atoms with van der Waals surface area (Å²) in [5.74, 6) is 0.0311. The maximum atomic E-state index is 12.3. The van der Waals surface area contributed by atoms with Crippen LogP contribution in [0.4, 0.5) is 5.95 Å². The summed E-state index contributed by atoms with van der Waals surface area (Å²) in [5, 5.41) is 13.3. The van der Waals surface area contributed by atoms with Crippen molar-refractivity contribution in [2.24, 2.45) is 7.05 Å². The van der Waals surface area contributed by atoms with Crippen LogP contribution in [0.5, 0.6) is 0 Å². The van der Waals surface area contributed by atoms with Crippen molar-refractivity contribution >= 4 is 26.0 Å². The van der Waals surface area contributed by atoms with Gasteiger partial charge in [-0.15, -0.1) is 0 Å². The minimum Gasteiger partial charge on any atom is -0.389 e. The Kier molecular flexibility index (Phi) is 5.18. The number of rotatable bonds is 7. The fourth-order valence-corrected chi connectivity index (χ4v) is 3.96. The molecule has 0 spiro atoms. The quantitative estimate of drug-likeness (QED) is 0.588. The number of benzene rings is 1. The topological polar surface area (TPSA) is 143 Å². The molecule has 0 saturated carbocycles. The highest BCUT2D eigenvalue weighted by Crippen LogP contribution is 2.17. The van der Waals surface area contributed by atoms with Gasteiger partial charge in [0.05, 0.1) is 15.4 Å². The maximum absolute atomic E-state index is 12.3. The molecule has 0 radical (unpaired) electrons. The van der Waals surface area contributed by atoms with Crippen LogP contribution in [0, 0.1) is 0 Å². The summed E-state index contributed by atoms with van der Waals surface area (Å²) < 4.78 is 54.6. The molecule has 2 rings (SSSR count). The van der Waals surface area contributed by atoms with Crippen LogP contribution >= 0.6 is 0 Å². The van der Waals surface area contributed by atoms with Crippen LogP contribution in [-0.4, -0.2) is 48.9 Å². The van der Waals surface area contributed by atoms with Crippen molar-refractivity contribution in [2.45, 2.75) is 29.2 Å². The first-order valence-corrected chi connectivity index (χ1v) is 10.1. The summed E-state index contributed by atoms with van der Waals surface area (Å²) in [7, 11) is -6.27. The molecule has 0 aliphatic rings. The fraction of sp³-hybridized carbons (Fsp3) is 0.385. The minimum atomic E-state index is -3.93. The van der Waals surface area contributed by atoms with Crippen LogP contribution in [-0.2, 0) is 27.1 Å². The van der Waals surface area contributed by atoms with Crippen LogP contribution < -0.4 is 9.44 Å². The number of anilines is 1. The van der Waals surface area contributed by atoms with E-state index in [0.29, 0.717) is 0 Å². The zero-order chi connectivity index (χ0) is 18.9. The predicted molar refractivity (Wildman–Crippen MR) is 89.7 cm³/mol. The molecule has 0 saturated heterocycles. The van der Waals surface area contributed by atoms with Gasteiger partial charge in [0.15, 0.2) is 0 Å². The Balaban J connectivity index is 2.20. The summed E-state index contributed by atoms with van der Waals surface area (Å²) in [6.07, 6.45) is 1.20. The summed E-state index contributed by atoms with van der Waals surface area (Å²) in [6, 6.07) is 4.66. The highest BCUT2D eigenvalue weighted by molar-refractivity contribution is 7.92. The Bertz CT molecular complexity index is 943. The van der Waals surface area contributed by atoms with E-state index in [2.05, 4.69) is 19.5 Å². The van der Waals surface area contributed by atoms with E-state index in [-0.39, 0.29) is 22.3 Å². The summed E-state index contributed by atoms with van der Waals surface area (Å²) in [5.41, 5.74) is -1.21. The molecule has 25 heavy (non-hydrogen) atoms. The normalized spacial score (nSPS) is 13.0. The Labute approximate surface area is 146 Å². The van der Waals surface area contributed by atoms with Crippen LogP contribution in [0.3, 0.4) is 0 Å². The summed E-state index contributed by atoms with van der Waals surface area (Å²) in [4.78, 5) is 3.52. The highest BCUT2D eigenvalue weighted by Gasteiger charge is 2.21. The van der Waals surface area contributed by atoms with Crippen molar-refractivity contribution in [1.82, 2.24) is 19.5 Å². The number of nitrogens with one attached hydrogen (secondary N) is 2. The predicted octanol–water partition coefficient (Wildman–Crippen LogP) is -0.335. The molecule has 0 bridgehead atoms. The Morgan fingerprint density at radius 3 is 2.04 bits per heavy atom. The van der Waals surface area contributed by atoms with Gasteiger partial charge in [0.1, 0.15) is 6.33 Å². The molecular weight excluding hydrogens is 370 g/mol. The van der Waals surface area contributed by atoms with Crippen molar-refractivity contribution in [3.8, 4) is 0 Å². The molecule has 138 valence electrons. The molecule has 0 aliphatic carbocycles. The average molecular weight is 389 g/mol. The third-order valence-corrected chi connectivity index (χ3v) is 5.84. The number of hydrogen-bond donors (Lipinski definition) is 3. The Hall–Kier alpha value is -2.02. The number of nitrogens with zero attached hydrogens (tertiary/aromatic N) is 3. The lowest BCUT2D eigenvalue weighted by atomic mass is 10.1. The fourth-order valence-electron chi connectivity index (χ4n) is 1.72. The van der Waals surface area contributed by atoms with Crippen molar-refractivity contribution in [1.29, 1.82) is 0 Å². The molecule has 10 nitrogen and oxygen atoms in total. The largest absolute Gasteiger partial charge is 0.389 e. The molecule has 0 amide bonds. The van der Waals surface area contributed by atoms with E-state index in [9.17, 15) is 21.9 Å². The Morgan fingerprint density at radius 1 is 1.08 bits per heavy atom. The van der Waals surface area contributed by atoms with E-state index in [1.54, 1.807) is 0 Å². The van der Waals surface area contributed by atoms with Crippen LogP contribution in [0.2, 0.25) is 0 Å². The first-order chi connectivity index (χ1) is 11.4. The van der Waals surface area contributed by atoms with E-state index in [1.165, 1.54) is 31.9 Å². The smallest absolute Gasteiger partial charge is 0.264 e. The third-order valence-electron chi connectivity index (χ3n) is 3.08. The van der Waals surface area contributed by atoms with Gasteiger partial charge in [-0.25, -0.2) is 31.0 Å². The van der Waals surface area contributed by atoms with Crippen molar-refractivity contribution < 1.29 is 21.9 Å². The van der Waals surface area contributed by atoms with Crippen molar-refractivity contribution in [2.75, 3.05) is 11.3 Å². The third kappa shape index (κ3) is 4.98. The zero-order valence-electron chi connectivity index (χ0n) is 13.8. The molecular formula is C13H19N5O5S2. The number of aromatic nitrogens is 3. The molecule has 12 heteroatoms. The van der Waals surface area contributed by atoms with Crippen molar-refractivity contribution in [3.05, 3.63) is 30.6 Å². The second-order valence-electron chi connectivity index (χ2n) is 5.92. The molecule has 0 fully saturated rings. The van der Waals surface area contributed by atoms with Crippen LogP contribution in [0.1, 0.15) is 13.8 Å². The molecule has 1 aromatic carbocycles. The SMILES string of the molecule is Cn1ncnc1NS(=O)(=O)c1ccc(S(=O)(=O)NCC(C)(C)O)cc1. The molecule has 0 unspecified atom stereocenters. The standard InChI is InChI=1S/C13H19N5O5S2/c1-13(2,19)8-16-24(20,21)10-4-6-11(7-5-10)25(22,23)17-12-14-9-15-18(12)3/h4-7,9,16,19H,8H2,1-3H3,(H,14,15,17). The second-order valence-corrected chi connectivity index (χ2v) is 9.37. The molecule has 1 aromatic heterocycles. The number of aryl methyl sites for hydroxylation is 1. The first kappa shape index (κ1) is 19.3. The van der Waals surface area contributed by atoms with Gasteiger partial charge in [-0.05, 0) is 38.1 Å². The molecule has 1 heterocycles. The van der Waals surface area contributed by atoms with E-state index in [0.717, 1.165) is 24.3 Å². The van der Waals surface area contributed by atoms with Crippen molar-refractivity contribution in [3.63, 3.8) is 0 Å². The van der Waals surface area contributed by atoms with E-state index in [4.69, 9.17) is 0 Å². The van der Waals surface area contributed by atoms with Gasteiger partial charge in [0.25, 0.3) is 10.0 Å². The molecule has 3 N–H and O–H groups in total. The average Bonchev–Trinajstić information content (AvgIpc) is 2.89. The highest BCUT2D eigenvalue weighted by atomic mass is 32.2. The van der Waals surface area contributed by atoms with Gasteiger partial charge in [-0.3, -0.25) is 0 Å². The van der Waals surface area contributed by atoms with Gasteiger partial charge in [-0.1, -0.05) is 0 Å². The van der Waals surface area contributed by atoms with Gasteiger partial charge in [0, 0.05) is 13.6 Å². The van der Waals surface area contributed by atoms with E-state index >= 15 is 0 Å². The molecule has 0 atom stereocenters. The number of hydrogen-bond acceptors (Lipinski definition) is 7. The monoisotopic (exact) mass is 389 g/mol. The summed E-state index contributed by atoms with van der Waals surface area (Å²) in [6.45, 7) is 2.75. The van der Waals surface area contributed by atoms with E-state index in [1.807, 2.05) is 0 Å². The molecule has 0 aliphatic heterocycles. The minimum absolute atomic E-state index is 0.0311. The summed E-state index contributed by atoms with van der Waals surface area (Å²) >= 11 is 0. The van der Waals surface area contributed by atoms with Gasteiger partial charge < -0.3 is 5.11 Å². The second kappa shape index (κ2) is 6.71. The van der Waals surface area contributed by atoms with Gasteiger partial charge in [0.2, 0.25) is 16.0 Å². The lowest BCUT2D eigenvalue weighted by Gasteiger charge is -2.17. The molecule has 2 aromatic rings. The maximum Gasteiger partial charge on any atom is 0.264 e. The van der Waals surface area contributed by atoms with E-state index < -0.39 is 25.6 Å².